The molecule has 1 aromatic carbocycles. The summed E-state index contributed by atoms with van der Waals surface area (Å²) < 4.78 is 22.3. The summed E-state index contributed by atoms with van der Waals surface area (Å²) in [5, 5.41) is 4.59. The Kier molecular flexibility index (Phi) is 3.90. The van der Waals surface area contributed by atoms with Gasteiger partial charge in [-0.05, 0) is 12.1 Å². The molecule has 88 valence electrons. The third-order valence-corrected chi connectivity index (χ3v) is 3.00. The Hall–Kier alpha value is -1.82. The molecule has 0 amide bonds. The summed E-state index contributed by atoms with van der Waals surface area (Å²) in [5.41, 5.74) is -0.497. The van der Waals surface area contributed by atoms with Gasteiger partial charge >= 0.3 is 0 Å². The van der Waals surface area contributed by atoms with Crippen LogP contribution in [0.4, 0.5) is 11.4 Å². The molecule has 0 atom stereocenters. The molecule has 0 bridgehead atoms. The quantitative estimate of drug-likeness (QED) is 0.650. The summed E-state index contributed by atoms with van der Waals surface area (Å²) in [4.78, 5) is 26.1. The molecule has 2 N–H and O–H groups in total. The lowest BCUT2D eigenvalue weighted by Crippen LogP contribution is -2.12. The van der Waals surface area contributed by atoms with Crippen LogP contribution in [0.3, 0.4) is 0 Å². The molecule has 0 saturated carbocycles. The monoisotopic (exact) mass is 273 g/mol. The Morgan fingerprint density at radius 3 is 2.24 bits per heavy atom. The molecule has 1 aromatic rings. The average Bonchev–Trinajstić information content (AvgIpc) is 2.22. The Labute approximate surface area is 101 Å². The highest BCUT2D eigenvalue weighted by Crippen LogP contribution is 2.38. The van der Waals surface area contributed by atoms with Gasteiger partial charge in [0, 0.05) is 0 Å². The van der Waals surface area contributed by atoms with E-state index in [1.807, 2.05) is 0 Å². The van der Waals surface area contributed by atoms with Crippen molar-refractivity contribution >= 4 is 45.2 Å². The van der Waals surface area contributed by atoms with Gasteiger partial charge in [0.15, 0.2) is 0 Å². The van der Waals surface area contributed by atoms with Gasteiger partial charge in [0.05, 0.1) is 10.7 Å². The SMILES string of the molecule is NS(=O)(=O)c1ccc(N=C=O)c(Cl)c1N=C=O. The van der Waals surface area contributed by atoms with Crippen molar-refractivity contribution in [2.45, 2.75) is 4.90 Å². The smallest absolute Gasteiger partial charge is 0.225 e. The van der Waals surface area contributed by atoms with Crippen LogP contribution in [0.15, 0.2) is 27.0 Å². The van der Waals surface area contributed by atoms with Gasteiger partial charge in [0.2, 0.25) is 22.2 Å². The molecule has 0 heterocycles. The Bertz CT molecular complexity index is 658. The van der Waals surface area contributed by atoms with Crippen molar-refractivity contribution in [3.05, 3.63) is 17.2 Å². The number of carbonyl (C=O) groups excluding carboxylic acids is 2. The Morgan fingerprint density at radius 2 is 1.76 bits per heavy atom. The molecule has 0 aliphatic rings. The van der Waals surface area contributed by atoms with Crippen LogP contribution in [-0.4, -0.2) is 20.6 Å². The molecule has 7 nitrogen and oxygen atoms in total. The lowest BCUT2D eigenvalue weighted by atomic mass is 10.3. The number of primary sulfonamides is 1. The van der Waals surface area contributed by atoms with Gasteiger partial charge in [-0.15, -0.1) is 0 Å². The summed E-state index contributed by atoms with van der Waals surface area (Å²) >= 11 is 5.71. The van der Waals surface area contributed by atoms with Crippen molar-refractivity contribution in [1.29, 1.82) is 0 Å². The van der Waals surface area contributed by atoms with Gasteiger partial charge in [-0.25, -0.2) is 23.1 Å². The van der Waals surface area contributed by atoms with E-state index in [1.54, 1.807) is 0 Å². The number of isocyanates is 2. The van der Waals surface area contributed by atoms with Gasteiger partial charge in [0.1, 0.15) is 10.6 Å². The molecule has 0 aliphatic carbocycles. The maximum Gasteiger partial charge on any atom is 0.240 e. The van der Waals surface area contributed by atoms with Crippen molar-refractivity contribution in [3.63, 3.8) is 0 Å². The van der Waals surface area contributed by atoms with Crippen molar-refractivity contribution in [3.8, 4) is 0 Å². The Balaban J connectivity index is 3.73. The zero-order chi connectivity index (χ0) is 13.1. The fourth-order valence-corrected chi connectivity index (χ4v) is 2.03. The van der Waals surface area contributed by atoms with Crippen LogP contribution >= 0.6 is 11.6 Å². The van der Waals surface area contributed by atoms with Crippen LogP contribution in [0.2, 0.25) is 5.02 Å². The number of nitrogens with zero attached hydrogens (tertiary/aromatic N) is 2. The van der Waals surface area contributed by atoms with Crippen LogP contribution in [0, 0.1) is 0 Å². The summed E-state index contributed by atoms with van der Waals surface area (Å²) in [6, 6.07) is 2.16. The van der Waals surface area contributed by atoms with Crippen LogP contribution in [0.1, 0.15) is 0 Å². The van der Waals surface area contributed by atoms with Gasteiger partial charge in [-0.2, -0.15) is 9.98 Å². The molecule has 1 rings (SSSR count). The molecule has 9 heteroatoms. The molecular weight excluding hydrogens is 270 g/mol. The zero-order valence-electron chi connectivity index (χ0n) is 8.05. The molecular formula is C8H4ClN3O4S. The maximum absolute atomic E-state index is 11.2. The van der Waals surface area contributed by atoms with Crippen molar-refractivity contribution in [2.24, 2.45) is 15.1 Å². The van der Waals surface area contributed by atoms with Crippen LogP contribution in [0.25, 0.3) is 0 Å². The Morgan fingerprint density at radius 1 is 1.18 bits per heavy atom. The van der Waals surface area contributed by atoms with Crippen molar-refractivity contribution in [2.75, 3.05) is 0 Å². The van der Waals surface area contributed by atoms with E-state index in [2.05, 4.69) is 9.98 Å². The van der Waals surface area contributed by atoms with Gasteiger partial charge in [-0.1, -0.05) is 11.6 Å². The van der Waals surface area contributed by atoms with E-state index in [1.165, 1.54) is 6.08 Å². The molecule has 0 radical (unpaired) electrons. The second kappa shape index (κ2) is 5.01. The number of hydrogen-bond donors (Lipinski definition) is 1. The fraction of sp³-hybridized carbons (Fsp3) is 0. The number of aliphatic imine (C=N–C) groups is 2. The fourth-order valence-electron chi connectivity index (χ4n) is 1.05. The second-order valence-corrected chi connectivity index (χ2v) is 4.60. The van der Waals surface area contributed by atoms with E-state index in [0.717, 1.165) is 18.2 Å². The zero-order valence-corrected chi connectivity index (χ0v) is 9.62. The first-order chi connectivity index (χ1) is 7.91. The van der Waals surface area contributed by atoms with E-state index in [4.69, 9.17) is 16.7 Å². The molecule has 0 aromatic heterocycles. The highest BCUT2D eigenvalue weighted by atomic mass is 35.5. The largest absolute Gasteiger partial charge is 0.240 e. The molecule has 0 spiro atoms. The number of halogens is 1. The molecule has 0 unspecified atom stereocenters. The van der Waals surface area contributed by atoms with Crippen molar-refractivity contribution in [1.82, 2.24) is 0 Å². The highest BCUT2D eigenvalue weighted by molar-refractivity contribution is 7.89. The minimum absolute atomic E-state index is 0.0805. The average molecular weight is 274 g/mol. The number of benzene rings is 1. The van der Waals surface area contributed by atoms with Gasteiger partial charge < -0.3 is 0 Å². The molecule has 17 heavy (non-hydrogen) atoms. The minimum atomic E-state index is -4.11. The predicted molar refractivity (Wildman–Crippen MR) is 58.4 cm³/mol. The molecule has 0 saturated heterocycles. The van der Waals surface area contributed by atoms with Crippen LogP contribution in [0.5, 0.6) is 0 Å². The van der Waals surface area contributed by atoms with E-state index in [-0.39, 0.29) is 10.7 Å². The summed E-state index contributed by atoms with van der Waals surface area (Å²) in [6.07, 6.45) is 2.36. The van der Waals surface area contributed by atoms with Crippen LogP contribution in [-0.2, 0) is 19.6 Å². The van der Waals surface area contributed by atoms with Crippen molar-refractivity contribution < 1.29 is 18.0 Å². The summed E-state index contributed by atoms with van der Waals surface area (Å²) in [7, 11) is -4.11. The van der Waals surface area contributed by atoms with E-state index in [9.17, 15) is 18.0 Å². The predicted octanol–water partition coefficient (Wildman–Crippen LogP) is 0.922. The van der Waals surface area contributed by atoms with E-state index in [0.29, 0.717) is 0 Å². The topological polar surface area (TPSA) is 119 Å². The van der Waals surface area contributed by atoms with Crippen LogP contribution < -0.4 is 5.14 Å². The number of sulfonamides is 1. The third kappa shape index (κ3) is 2.85. The van der Waals surface area contributed by atoms with Gasteiger partial charge in [0.25, 0.3) is 0 Å². The van der Waals surface area contributed by atoms with E-state index < -0.39 is 20.6 Å². The van der Waals surface area contributed by atoms with E-state index >= 15 is 0 Å². The number of rotatable bonds is 3. The lowest BCUT2D eigenvalue weighted by Gasteiger charge is -2.05. The van der Waals surface area contributed by atoms with Gasteiger partial charge in [-0.3, -0.25) is 0 Å². The maximum atomic E-state index is 11.2. The number of nitrogens with two attached hydrogens (primary N) is 1. The number of hydrogen-bond acceptors (Lipinski definition) is 6. The summed E-state index contributed by atoms with van der Waals surface area (Å²) in [5.74, 6) is 0. The summed E-state index contributed by atoms with van der Waals surface area (Å²) in [6.45, 7) is 0. The second-order valence-electron chi connectivity index (χ2n) is 2.70. The highest BCUT2D eigenvalue weighted by Gasteiger charge is 2.19. The first-order valence-electron chi connectivity index (χ1n) is 3.93. The normalized spacial score (nSPS) is 10.2. The first-order valence-corrected chi connectivity index (χ1v) is 5.85. The molecule has 0 aliphatic heterocycles. The standard InChI is InChI=1S/C8H4ClN3O4S/c9-7-5(11-3-13)1-2-6(17(10,15)16)8(7)12-4-14/h1-2H,(H2,10,15,16). The lowest BCUT2D eigenvalue weighted by molar-refractivity contribution is 0.564. The first kappa shape index (κ1) is 13.2. The minimum Gasteiger partial charge on any atom is -0.225 e. The third-order valence-electron chi connectivity index (χ3n) is 1.69. The molecule has 0 fully saturated rings.